The summed E-state index contributed by atoms with van der Waals surface area (Å²) in [6.45, 7) is 0. The Morgan fingerprint density at radius 2 is 2.00 bits per heavy atom. The lowest BCUT2D eigenvalue weighted by molar-refractivity contribution is 0.0138. The van der Waals surface area contributed by atoms with E-state index in [1.807, 2.05) is 12.1 Å². The quantitative estimate of drug-likeness (QED) is 0.915. The van der Waals surface area contributed by atoms with Gasteiger partial charge in [0.05, 0.1) is 16.8 Å². The third-order valence-electron chi connectivity index (χ3n) is 4.17. The predicted octanol–water partition coefficient (Wildman–Crippen LogP) is 1.67. The van der Waals surface area contributed by atoms with Gasteiger partial charge in [-0.15, -0.1) is 0 Å². The maximum atomic E-state index is 12.0. The first kappa shape index (κ1) is 13.1. The molecule has 5 heteroatoms. The van der Waals surface area contributed by atoms with Crippen LogP contribution in [0.4, 0.5) is 0 Å². The van der Waals surface area contributed by atoms with Gasteiger partial charge in [0.1, 0.15) is 0 Å². The molecule has 0 aromatic heterocycles. The second kappa shape index (κ2) is 4.89. The Morgan fingerprint density at radius 1 is 1.26 bits per heavy atom. The second-order valence-electron chi connectivity index (χ2n) is 5.39. The molecule has 2 aliphatic rings. The van der Waals surface area contributed by atoms with E-state index >= 15 is 0 Å². The van der Waals surface area contributed by atoms with Crippen LogP contribution >= 0.6 is 0 Å². The van der Waals surface area contributed by atoms with E-state index in [1.165, 1.54) is 0 Å². The summed E-state index contributed by atoms with van der Waals surface area (Å²) in [5, 5.41) is 3.57. The lowest BCUT2D eigenvalue weighted by atomic mass is 9.87. The highest BCUT2D eigenvalue weighted by Gasteiger charge is 2.35. The molecule has 19 heavy (non-hydrogen) atoms. The average molecular weight is 281 g/mol. The number of ether oxygens (including phenoxy) is 1. The van der Waals surface area contributed by atoms with Crippen LogP contribution in [-0.2, 0) is 14.6 Å². The van der Waals surface area contributed by atoms with E-state index in [9.17, 15) is 8.42 Å². The van der Waals surface area contributed by atoms with Crippen LogP contribution in [0, 0.1) is 0 Å². The number of hydrogen-bond donors (Lipinski definition) is 1. The number of hydrogen-bond acceptors (Lipinski definition) is 4. The molecule has 3 rings (SSSR count). The van der Waals surface area contributed by atoms with E-state index < -0.39 is 9.84 Å². The summed E-state index contributed by atoms with van der Waals surface area (Å²) < 4.78 is 29.3. The fraction of sp³-hybridized carbons (Fsp3) is 0.571. The van der Waals surface area contributed by atoms with Crippen LogP contribution in [0.5, 0.6) is 0 Å². The Kier molecular flexibility index (Phi) is 3.37. The summed E-state index contributed by atoms with van der Waals surface area (Å²) in [5.41, 5.74) is 0.926. The van der Waals surface area contributed by atoms with Crippen molar-refractivity contribution < 1.29 is 13.2 Å². The lowest BCUT2D eigenvalue weighted by Gasteiger charge is -2.38. The molecule has 0 amide bonds. The van der Waals surface area contributed by atoms with Crippen LogP contribution in [-0.4, -0.2) is 33.4 Å². The molecule has 1 heterocycles. The van der Waals surface area contributed by atoms with E-state index in [2.05, 4.69) is 5.32 Å². The zero-order valence-corrected chi connectivity index (χ0v) is 11.8. The molecule has 1 N–H and O–H groups in total. The van der Waals surface area contributed by atoms with Crippen molar-refractivity contribution in [1.82, 2.24) is 5.32 Å². The summed E-state index contributed by atoms with van der Waals surface area (Å²) >= 11 is 0. The van der Waals surface area contributed by atoms with Gasteiger partial charge in [-0.05, 0) is 30.9 Å². The van der Waals surface area contributed by atoms with Crippen LogP contribution in [0.1, 0.15) is 30.9 Å². The Morgan fingerprint density at radius 3 is 2.74 bits per heavy atom. The summed E-state index contributed by atoms with van der Waals surface area (Å²) in [5.74, 6) is 0.238. The van der Waals surface area contributed by atoms with Crippen LogP contribution in [0.15, 0.2) is 29.2 Å². The number of benzene rings is 1. The van der Waals surface area contributed by atoms with E-state index in [4.69, 9.17) is 4.74 Å². The van der Waals surface area contributed by atoms with Crippen molar-refractivity contribution in [3.63, 3.8) is 0 Å². The van der Waals surface area contributed by atoms with E-state index in [0.717, 1.165) is 18.4 Å². The van der Waals surface area contributed by atoms with Crippen LogP contribution in [0.2, 0.25) is 0 Å². The fourth-order valence-corrected chi connectivity index (χ4v) is 4.56. The largest absolute Gasteiger partial charge is 0.381 e. The smallest absolute Gasteiger partial charge is 0.178 e. The molecule has 1 aliphatic heterocycles. The maximum absolute atomic E-state index is 12.0. The second-order valence-corrected chi connectivity index (χ2v) is 7.47. The molecule has 1 fully saturated rings. The van der Waals surface area contributed by atoms with Crippen LogP contribution in [0.25, 0.3) is 0 Å². The fourth-order valence-electron chi connectivity index (χ4n) is 2.94. The van der Waals surface area contributed by atoms with Gasteiger partial charge in [0.25, 0.3) is 0 Å². The van der Waals surface area contributed by atoms with Gasteiger partial charge in [-0.25, -0.2) is 8.42 Å². The van der Waals surface area contributed by atoms with E-state index in [1.54, 1.807) is 19.2 Å². The zero-order chi connectivity index (χ0) is 13.5. The van der Waals surface area contributed by atoms with Crippen LogP contribution < -0.4 is 5.32 Å². The van der Waals surface area contributed by atoms with Gasteiger partial charge in [0, 0.05) is 19.2 Å². The van der Waals surface area contributed by atoms with Crippen molar-refractivity contribution in [2.45, 2.75) is 42.3 Å². The molecular formula is C14H19NO3S. The number of nitrogens with one attached hydrogen (secondary N) is 1. The molecule has 1 aromatic carbocycles. The van der Waals surface area contributed by atoms with Crippen molar-refractivity contribution in [3.8, 4) is 0 Å². The molecule has 0 bridgehead atoms. The minimum absolute atomic E-state index is 0.155. The molecular weight excluding hydrogens is 262 g/mol. The van der Waals surface area contributed by atoms with E-state index in [-0.39, 0.29) is 11.8 Å². The van der Waals surface area contributed by atoms with Crippen molar-refractivity contribution in [2.24, 2.45) is 0 Å². The Bertz CT molecular complexity index is 564. The number of rotatable bonds is 3. The first-order chi connectivity index (χ1) is 9.10. The molecule has 4 nitrogen and oxygen atoms in total. The minimum atomic E-state index is -3.08. The van der Waals surface area contributed by atoms with Gasteiger partial charge >= 0.3 is 0 Å². The highest BCUT2D eigenvalue weighted by molar-refractivity contribution is 7.91. The summed E-state index contributed by atoms with van der Waals surface area (Å²) in [6.07, 6.45) is 3.05. The van der Waals surface area contributed by atoms with Crippen molar-refractivity contribution in [1.29, 1.82) is 0 Å². The zero-order valence-electron chi connectivity index (χ0n) is 11.0. The Labute approximate surface area is 114 Å². The minimum Gasteiger partial charge on any atom is -0.381 e. The van der Waals surface area contributed by atoms with Crippen molar-refractivity contribution >= 4 is 9.84 Å². The molecule has 1 aliphatic carbocycles. The monoisotopic (exact) mass is 281 g/mol. The van der Waals surface area contributed by atoms with Crippen molar-refractivity contribution in [2.75, 3.05) is 12.9 Å². The molecule has 0 saturated heterocycles. The lowest BCUT2D eigenvalue weighted by Crippen LogP contribution is -2.47. The SMILES string of the molecule is COC1CC(NC2CCS(=O)(=O)c3ccccc32)C1. The molecule has 104 valence electrons. The Hall–Kier alpha value is -0.910. The maximum Gasteiger partial charge on any atom is 0.178 e. The molecule has 0 spiro atoms. The first-order valence-corrected chi connectivity index (χ1v) is 8.36. The van der Waals surface area contributed by atoms with Gasteiger partial charge in [-0.1, -0.05) is 18.2 Å². The number of fused-ring (bicyclic) bond motifs is 1. The summed E-state index contributed by atoms with van der Waals surface area (Å²) in [7, 11) is -1.34. The third-order valence-corrected chi connectivity index (χ3v) is 5.98. The number of methoxy groups -OCH3 is 1. The highest BCUT2D eigenvalue weighted by atomic mass is 32.2. The third kappa shape index (κ3) is 2.42. The van der Waals surface area contributed by atoms with Crippen molar-refractivity contribution in [3.05, 3.63) is 29.8 Å². The highest BCUT2D eigenvalue weighted by Crippen LogP contribution is 2.34. The van der Waals surface area contributed by atoms with Gasteiger partial charge < -0.3 is 10.1 Å². The topological polar surface area (TPSA) is 55.4 Å². The van der Waals surface area contributed by atoms with Gasteiger partial charge in [0.2, 0.25) is 0 Å². The average Bonchev–Trinajstić information content (AvgIpc) is 2.36. The van der Waals surface area contributed by atoms with Gasteiger partial charge in [0.15, 0.2) is 9.84 Å². The Balaban J connectivity index is 1.78. The molecule has 0 radical (unpaired) electrons. The normalized spacial score (nSPS) is 32.4. The van der Waals surface area contributed by atoms with Gasteiger partial charge in [-0.2, -0.15) is 0 Å². The van der Waals surface area contributed by atoms with Gasteiger partial charge in [-0.3, -0.25) is 0 Å². The molecule has 1 saturated carbocycles. The summed E-state index contributed by atoms with van der Waals surface area (Å²) in [4.78, 5) is 0.501. The van der Waals surface area contributed by atoms with Crippen LogP contribution in [0.3, 0.4) is 0 Å². The standard InChI is InChI=1S/C14H19NO3S/c1-18-11-8-10(9-11)15-13-6-7-19(16,17)14-5-3-2-4-12(13)14/h2-5,10-11,13,15H,6-9H2,1H3. The number of sulfone groups is 1. The molecule has 1 atom stereocenters. The first-order valence-electron chi connectivity index (χ1n) is 6.70. The molecule has 1 unspecified atom stereocenters. The summed E-state index contributed by atoms with van der Waals surface area (Å²) in [6, 6.07) is 7.95. The predicted molar refractivity (Wildman–Crippen MR) is 72.8 cm³/mol. The molecule has 1 aromatic rings. The van der Waals surface area contributed by atoms with E-state index in [0.29, 0.717) is 23.5 Å².